The number of nitrogens with zero attached hydrogens (tertiary/aromatic N) is 1. The Morgan fingerprint density at radius 3 is 1.71 bits per heavy atom. The van der Waals surface area contributed by atoms with Crippen molar-refractivity contribution in [1.82, 2.24) is 4.08 Å². The van der Waals surface area contributed by atoms with Crippen molar-refractivity contribution in [1.29, 1.82) is 0 Å². The van der Waals surface area contributed by atoms with E-state index in [4.69, 9.17) is 0 Å². The summed E-state index contributed by atoms with van der Waals surface area (Å²) in [5.41, 5.74) is 0. The van der Waals surface area contributed by atoms with E-state index < -0.39 is 10.0 Å². The lowest BCUT2D eigenvalue weighted by Gasteiger charge is -2.02. The van der Waals surface area contributed by atoms with Crippen LogP contribution < -0.4 is 0 Å². The summed E-state index contributed by atoms with van der Waals surface area (Å²) in [5, 5.41) is 0. The summed E-state index contributed by atoms with van der Waals surface area (Å²) in [7, 11) is 0.562. The van der Waals surface area contributed by atoms with Crippen molar-refractivity contribution < 1.29 is 8.42 Å². The first-order chi connectivity index (χ1) is 2.94. The van der Waals surface area contributed by atoms with Crippen molar-refractivity contribution in [2.45, 2.75) is 0 Å². The van der Waals surface area contributed by atoms with Crippen molar-refractivity contribution in [3.63, 3.8) is 0 Å². The second-order valence-electron chi connectivity index (χ2n) is 1.28. The molecule has 0 saturated heterocycles. The average Bonchev–Trinajstić information content (AvgIpc) is 1.31. The summed E-state index contributed by atoms with van der Waals surface area (Å²) < 4.78 is 21.5. The molecular formula is C2H8NO2PS. The van der Waals surface area contributed by atoms with Crippen LogP contribution in [0.25, 0.3) is 0 Å². The van der Waals surface area contributed by atoms with Crippen LogP contribution in [0.3, 0.4) is 0 Å². The Hall–Kier alpha value is 0.340. The van der Waals surface area contributed by atoms with Crippen molar-refractivity contribution in [3.8, 4) is 0 Å². The lowest BCUT2D eigenvalue weighted by Crippen LogP contribution is -2.13. The molecule has 0 N–H and O–H groups in total. The van der Waals surface area contributed by atoms with Crippen LogP contribution in [0.4, 0.5) is 0 Å². The lowest BCUT2D eigenvalue weighted by atomic mass is 11.6. The van der Waals surface area contributed by atoms with Crippen molar-refractivity contribution in [3.05, 3.63) is 0 Å². The van der Waals surface area contributed by atoms with Crippen LogP contribution in [-0.2, 0) is 10.0 Å². The maximum Gasteiger partial charge on any atom is 0.213 e. The molecule has 0 spiro atoms. The van der Waals surface area contributed by atoms with Crippen molar-refractivity contribution in [2.24, 2.45) is 0 Å². The number of hydrogen-bond donors (Lipinski definition) is 0. The molecule has 7 heavy (non-hydrogen) atoms. The zero-order valence-corrected chi connectivity index (χ0v) is 6.22. The first kappa shape index (κ1) is 7.34. The minimum absolute atomic E-state index is 1.08. The highest BCUT2D eigenvalue weighted by molar-refractivity contribution is 7.91. The smallest absolute Gasteiger partial charge is 0.212 e. The van der Waals surface area contributed by atoms with Gasteiger partial charge in [-0.2, -0.15) is 4.08 Å². The summed E-state index contributed by atoms with van der Waals surface area (Å²) >= 11 is 0. The average molecular weight is 141 g/mol. The molecule has 0 saturated carbocycles. The highest BCUT2D eigenvalue weighted by Gasteiger charge is 2.01. The quantitative estimate of drug-likeness (QED) is 0.469. The predicted octanol–water partition coefficient (Wildman–Crippen LogP) is -0.332. The van der Waals surface area contributed by atoms with Crippen LogP contribution in [0, 0.1) is 0 Å². The predicted molar refractivity (Wildman–Crippen MR) is 32.3 cm³/mol. The van der Waals surface area contributed by atoms with E-state index in [1.54, 1.807) is 0 Å². The van der Waals surface area contributed by atoms with E-state index >= 15 is 0 Å². The van der Waals surface area contributed by atoms with Gasteiger partial charge in [0.1, 0.15) is 0 Å². The fraction of sp³-hybridized carbons (Fsp3) is 1.00. The van der Waals surface area contributed by atoms with Crippen LogP contribution in [-0.4, -0.2) is 25.8 Å². The van der Waals surface area contributed by atoms with Gasteiger partial charge < -0.3 is 0 Å². The van der Waals surface area contributed by atoms with Crippen LogP contribution in [0.15, 0.2) is 0 Å². The Balaban J connectivity index is 4.10. The van der Waals surface area contributed by atoms with E-state index in [1.165, 1.54) is 7.05 Å². The summed E-state index contributed by atoms with van der Waals surface area (Å²) in [6.07, 6.45) is 1.14. The Morgan fingerprint density at radius 2 is 1.71 bits per heavy atom. The molecule has 0 radical (unpaired) electrons. The minimum atomic E-state index is -2.94. The molecule has 0 aliphatic rings. The first-order valence-corrected chi connectivity index (χ1v) is 3.99. The first-order valence-electron chi connectivity index (χ1n) is 1.63. The van der Waals surface area contributed by atoms with Gasteiger partial charge in [0.2, 0.25) is 10.0 Å². The van der Waals surface area contributed by atoms with E-state index in [2.05, 4.69) is 0 Å². The molecule has 5 heteroatoms. The van der Waals surface area contributed by atoms with Gasteiger partial charge in [-0.3, -0.25) is 0 Å². The molecular weight excluding hydrogens is 133 g/mol. The largest absolute Gasteiger partial charge is 0.213 e. The van der Waals surface area contributed by atoms with Gasteiger partial charge in [-0.15, -0.1) is 0 Å². The fourth-order valence-corrected chi connectivity index (χ4v) is 0. The van der Waals surface area contributed by atoms with Crippen molar-refractivity contribution >= 4 is 19.4 Å². The normalized spacial score (nSPS) is 12.6. The van der Waals surface area contributed by atoms with Crippen molar-refractivity contribution in [2.75, 3.05) is 13.3 Å². The Morgan fingerprint density at radius 1 is 1.57 bits per heavy atom. The zero-order valence-electron chi connectivity index (χ0n) is 4.25. The number of hydrogen-bond acceptors (Lipinski definition) is 2. The Kier molecular flexibility index (Phi) is 2.17. The van der Waals surface area contributed by atoms with Crippen LogP contribution in [0.5, 0.6) is 0 Å². The molecule has 0 aliphatic carbocycles. The van der Waals surface area contributed by atoms with Gasteiger partial charge in [0.15, 0.2) is 0 Å². The third-order valence-corrected chi connectivity index (χ3v) is 2.72. The second kappa shape index (κ2) is 2.07. The third-order valence-electron chi connectivity index (χ3n) is 0.523. The SMILES string of the molecule is CN(P)S(C)(=O)=O. The van der Waals surface area contributed by atoms with Crippen LogP contribution in [0.2, 0.25) is 0 Å². The molecule has 0 rings (SSSR count). The van der Waals surface area contributed by atoms with E-state index in [1.807, 2.05) is 9.39 Å². The third kappa shape index (κ3) is 2.97. The molecule has 1 unspecified atom stereocenters. The maximum atomic E-state index is 10.2. The summed E-state index contributed by atoms with van der Waals surface area (Å²) in [6, 6.07) is 0. The standard InChI is InChI=1S/C2H8NO2PS/c1-3(6)7(2,4)5/h6H2,1-2H3. The van der Waals surface area contributed by atoms with Crippen LogP contribution in [0.1, 0.15) is 0 Å². The van der Waals surface area contributed by atoms with Gasteiger partial charge in [-0.1, -0.05) is 0 Å². The number of sulfonamides is 1. The molecule has 0 aromatic carbocycles. The summed E-state index contributed by atoms with van der Waals surface area (Å²) in [6.45, 7) is 0. The molecule has 0 aromatic heterocycles. The van der Waals surface area contributed by atoms with Crippen LogP contribution >= 0.6 is 9.39 Å². The molecule has 0 aliphatic heterocycles. The molecule has 44 valence electrons. The Bertz CT molecular complexity index is 138. The highest BCUT2D eigenvalue weighted by atomic mass is 32.2. The minimum Gasteiger partial charge on any atom is -0.212 e. The molecule has 0 fully saturated rings. The van der Waals surface area contributed by atoms with Gasteiger partial charge >= 0.3 is 0 Å². The zero-order chi connectivity index (χ0) is 6.08. The van der Waals surface area contributed by atoms with Gasteiger partial charge in [-0.05, 0) is 9.39 Å². The topological polar surface area (TPSA) is 37.4 Å². The van der Waals surface area contributed by atoms with Gasteiger partial charge in [0, 0.05) is 7.05 Å². The van der Waals surface area contributed by atoms with Gasteiger partial charge in [-0.25, -0.2) is 8.42 Å². The Labute approximate surface area is 46.0 Å². The number of rotatable bonds is 1. The fourth-order valence-electron chi connectivity index (χ4n) is 0. The van der Waals surface area contributed by atoms with E-state index in [-0.39, 0.29) is 0 Å². The van der Waals surface area contributed by atoms with E-state index in [0.717, 1.165) is 10.3 Å². The maximum absolute atomic E-state index is 10.2. The van der Waals surface area contributed by atoms with E-state index in [9.17, 15) is 8.42 Å². The monoisotopic (exact) mass is 141 g/mol. The van der Waals surface area contributed by atoms with Gasteiger partial charge in [0.25, 0.3) is 0 Å². The molecule has 0 amide bonds. The summed E-state index contributed by atoms with van der Waals surface area (Å²) in [5.74, 6) is 0. The molecule has 0 heterocycles. The summed E-state index contributed by atoms with van der Waals surface area (Å²) in [4.78, 5) is 0. The van der Waals surface area contributed by atoms with E-state index in [0.29, 0.717) is 0 Å². The molecule has 1 atom stereocenters. The molecule has 0 bridgehead atoms. The lowest BCUT2D eigenvalue weighted by molar-refractivity contribution is 0.571. The second-order valence-corrected chi connectivity index (χ2v) is 4.47. The molecule has 0 aromatic rings. The molecule has 3 nitrogen and oxygen atoms in total. The highest BCUT2D eigenvalue weighted by Crippen LogP contribution is 1.97. The van der Waals surface area contributed by atoms with Gasteiger partial charge in [0.05, 0.1) is 6.26 Å².